The van der Waals surface area contributed by atoms with Gasteiger partial charge in [0.15, 0.2) is 6.10 Å². The molecule has 0 aliphatic heterocycles. The number of ether oxygens (including phenoxy) is 3. The van der Waals surface area contributed by atoms with E-state index in [1.54, 1.807) is 21.1 Å². The third kappa shape index (κ3) is 36.7. The second kappa shape index (κ2) is 38.9. The second-order valence-corrected chi connectivity index (χ2v) is 15.9. The van der Waals surface area contributed by atoms with Crippen molar-refractivity contribution in [2.75, 3.05) is 41.0 Å². The first kappa shape index (κ1) is 53.0. The lowest BCUT2D eigenvalue weighted by Gasteiger charge is -2.34. The van der Waals surface area contributed by atoms with Crippen molar-refractivity contribution in [2.45, 2.75) is 187 Å². The lowest BCUT2D eigenvalue weighted by atomic mass is 10.0. The van der Waals surface area contributed by atoms with Crippen molar-refractivity contribution in [1.82, 2.24) is 0 Å². The summed E-state index contributed by atoms with van der Waals surface area (Å²) in [6.07, 6.45) is 46.8. The Kier molecular flexibility index (Phi) is 36.8. The summed E-state index contributed by atoms with van der Waals surface area (Å²) in [7, 11) is 5.38. The molecule has 2 unspecified atom stereocenters. The van der Waals surface area contributed by atoms with Crippen molar-refractivity contribution in [3.8, 4) is 0 Å². The number of likely N-dealkylation sites (N-methyl/N-ethyl adjacent to an activating group) is 1. The number of allylic oxidation sites excluding steroid dienone is 10. The summed E-state index contributed by atoms with van der Waals surface area (Å²) in [5, 5.41) is 11.6. The highest BCUT2D eigenvalue weighted by atomic mass is 16.6. The summed E-state index contributed by atoms with van der Waals surface area (Å²) in [6, 6.07) is -0.736. The highest BCUT2D eigenvalue weighted by Crippen LogP contribution is 2.14. The SMILES string of the molecule is CC/C=C\C/C=C\C/C=C\C/C=C\C/C=C\CCCC(=O)OC(COCCC(C(=O)[O-])[N+](C)(C)C)COC(=O)CCCCCCCCCCCCCCCCC. The minimum absolute atomic E-state index is 0.0175. The van der Waals surface area contributed by atoms with Gasteiger partial charge in [0.2, 0.25) is 0 Å². The van der Waals surface area contributed by atoms with E-state index in [2.05, 4.69) is 74.6 Å². The predicted octanol–water partition coefficient (Wildman–Crippen LogP) is 10.9. The average molecular weight is 786 g/mol. The number of carbonyl (C=O) groups is 3. The first-order valence-corrected chi connectivity index (χ1v) is 22.3. The number of nitrogens with zero attached hydrogens (tertiary/aromatic N) is 1. The van der Waals surface area contributed by atoms with Gasteiger partial charge in [-0.05, 0) is 51.4 Å². The highest BCUT2D eigenvalue weighted by molar-refractivity contribution is 5.70. The number of rotatable bonds is 39. The van der Waals surface area contributed by atoms with E-state index in [4.69, 9.17) is 14.2 Å². The molecule has 0 aliphatic rings. The van der Waals surface area contributed by atoms with E-state index >= 15 is 0 Å². The van der Waals surface area contributed by atoms with E-state index in [0.717, 1.165) is 57.8 Å². The summed E-state index contributed by atoms with van der Waals surface area (Å²) in [5.74, 6) is -1.81. The number of esters is 2. The van der Waals surface area contributed by atoms with E-state index in [1.807, 2.05) is 0 Å². The van der Waals surface area contributed by atoms with Gasteiger partial charge < -0.3 is 28.6 Å². The molecule has 0 radical (unpaired) electrons. The topological polar surface area (TPSA) is 102 Å². The monoisotopic (exact) mass is 786 g/mol. The Hall–Kier alpha value is -2.97. The Morgan fingerprint density at radius 1 is 0.554 bits per heavy atom. The Bertz CT molecular complexity index is 1100. The standard InChI is InChI=1S/C48H83NO7/c1-6-8-10-12-14-16-18-20-22-23-25-27-29-31-33-35-37-39-47(51)56-44(42-54-41-40-45(48(52)53)49(3,4)5)43-55-46(50)38-36-34-32-30-28-26-24-21-19-17-15-13-11-9-7-2/h8,10,14,16,20,22,25,27,31,33,44-45H,6-7,9,11-13,15,17-19,21,23-24,26,28-30,32,34-43H2,1-5H3/b10-8-,16-14-,22-20-,27-25-,33-31-. The summed E-state index contributed by atoms with van der Waals surface area (Å²) >= 11 is 0. The molecule has 0 aliphatic carbocycles. The Balaban J connectivity index is 4.44. The van der Waals surface area contributed by atoms with Crippen LogP contribution in [0.5, 0.6) is 0 Å². The molecule has 0 aromatic rings. The fourth-order valence-electron chi connectivity index (χ4n) is 6.22. The number of unbranched alkanes of at least 4 members (excludes halogenated alkanes) is 15. The van der Waals surface area contributed by atoms with Crippen molar-refractivity contribution in [2.24, 2.45) is 0 Å². The van der Waals surface area contributed by atoms with Crippen LogP contribution in [-0.2, 0) is 28.6 Å². The molecule has 8 heteroatoms. The van der Waals surface area contributed by atoms with Crippen molar-refractivity contribution >= 4 is 17.9 Å². The molecule has 0 heterocycles. The van der Waals surface area contributed by atoms with Crippen LogP contribution in [0.4, 0.5) is 0 Å². The lowest BCUT2D eigenvalue weighted by molar-refractivity contribution is -0.889. The normalized spacial score (nSPS) is 13.5. The van der Waals surface area contributed by atoms with Crippen LogP contribution in [0.1, 0.15) is 174 Å². The molecule has 2 atom stereocenters. The molecule has 56 heavy (non-hydrogen) atoms. The molecule has 0 spiro atoms. The zero-order chi connectivity index (χ0) is 41.4. The molecule has 0 aromatic carbocycles. The molecule has 322 valence electrons. The molecular formula is C48H83NO7. The third-order valence-electron chi connectivity index (χ3n) is 9.67. The highest BCUT2D eigenvalue weighted by Gasteiger charge is 2.25. The average Bonchev–Trinajstić information content (AvgIpc) is 3.15. The van der Waals surface area contributed by atoms with Crippen molar-refractivity contribution in [1.29, 1.82) is 0 Å². The zero-order valence-electron chi connectivity index (χ0n) is 36.5. The van der Waals surface area contributed by atoms with Crippen LogP contribution in [-0.4, -0.2) is 75.5 Å². The molecule has 0 rings (SSSR count). The molecule has 0 aromatic heterocycles. The van der Waals surface area contributed by atoms with Crippen molar-refractivity contribution in [3.63, 3.8) is 0 Å². The van der Waals surface area contributed by atoms with Gasteiger partial charge in [-0.15, -0.1) is 0 Å². The maximum atomic E-state index is 12.7. The van der Waals surface area contributed by atoms with Gasteiger partial charge in [-0.1, -0.05) is 164 Å². The number of hydrogen-bond donors (Lipinski definition) is 0. The number of quaternary nitrogens is 1. The third-order valence-corrected chi connectivity index (χ3v) is 9.67. The van der Waals surface area contributed by atoms with Crippen LogP contribution in [0.3, 0.4) is 0 Å². The van der Waals surface area contributed by atoms with E-state index in [-0.39, 0.29) is 49.1 Å². The predicted molar refractivity (Wildman–Crippen MR) is 231 cm³/mol. The zero-order valence-corrected chi connectivity index (χ0v) is 36.5. The van der Waals surface area contributed by atoms with Crippen LogP contribution in [0.15, 0.2) is 60.8 Å². The van der Waals surface area contributed by atoms with E-state index < -0.39 is 18.1 Å². The summed E-state index contributed by atoms with van der Waals surface area (Å²) in [4.78, 5) is 36.8. The largest absolute Gasteiger partial charge is 0.544 e. The van der Waals surface area contributed by atoms with Gasteiger partial charge in [-0.25, -0.2) is 0 Å². The Morgan fingerprint density at radius 3 is 1.46 bits per heavy atom. The first-order valence-electron chi connectivity index (χ1n) is 22.3. The molecule has 0 amide bonds. The second-order valence-electron chi connectivity index (χ2n) is 15.9. The van der Waals surface area contributed by atoms with Gasteiger partial charge in [0.1, 0.15) is 12.6 Å². The minimum atomic E-state index is -1.13. The van der Waals surface area contributed by atoms with Crippen LogP contribution in [0.25, 0.3) is 0 Å². The van der Waals surface area contributed by atoms with Crippen LogP contribution < -0.4 is 5.11 Å². The van der Waals surface area contributed by atoms with E-state index in [1.165, 1.54) is 77.0 Å². The van der Waals surface area contributed by atoms with Crippen LogP contribution >= 0.6 is 0 Å². The van der Waals surface area contributed by atoms with E-state index in [9.17, 15) is 19.5 Å². The number of carboxylic acids is 1. The Morgan fingerprint density at radius 2 is 1.00 bits per heavy atom. The van der Waals surface area contributed by atoms with Gasteiger partial charge in [0.05, 0.1) is 40.3 Å². The van der Waals surface area contributed by atoms with E-state index in [0.29, 0.717) is 12.8 Å². The first-order chi connectivity index (χ1) is 27.1. The van der Waals surface area contributed by atoms with Crippen molar-refractivity contribution < 1.29 is 38.2 Å². The molecule has 8 nitrogen and oxygen atoms in total. The van der Waals surface area contributed by atoms with Crippen LogP contribution in [0, 0.1) is 0 Å². The fourth-order valence-corrected chi connectivity index (χ4v) is 6.22. The summed E-state index contributed by atoms with van der Waals surface area (Å²) in [5.41, 5.74) is 0. The van der Waals surface area contributed by atoms with Gasteiger partial charge in [0, 0.05) is 19.3 Å². The minimum Gasteiger partial charge on any atom is -0.544 e. The number of hydrogen-bond acceptors (Lipinski definition) is 7. The van der Waals surface area contributed by atoms with Gasteiger partial charge >= 0.3 is 11.9 Å². The maximum Gasteiger partial charge on any atom is 0.306 e. The summed E-state index contributed by atoms with van der Waals surface area (Å²) < 4.78 is 17.1. The molecule has 0 N–H and O–H groups in total. The number of carbonyl (C=O) groups excluding carboxylic acids is 3. The van der Waals surface area contributed by atoms with Crippen molar-refractivity contribution in [3.05, 3.63) is 60.8 Å². The van der Waals surface area contributed by atoms with Gasteiger partial charge in [-0.2, -0.15) is 0 Å². The molecule has 0 saturated carbocycles. The Labute approximate surface area is 343 Å². The number of carboxylic acid groups (broad SMARTS) is 1. The molecular weight excluding hydrogens is 703 g/mol. The fraction of sp³-hybridized carbons (Fsp3) is 0.729. The molecule has 0 fully saturated rings. The maximum absolute atomic E-state index is 12.7. The smallest absolute Gasteiger partial charge is 0.306 e. The summed E-state index contributed by atoms with van der Waals surface area (Å²) in [6.45, 7) is 4.49. The number of aliphatic carboxylic acids is 1. The molecule has 0 saturated heterocycles. The van der Waals surface area contributed by atoms with Gasteiger partial charge in [0.25, 0.3) is 0 Å². The van der Waals surface area contributed by atoms with Gasteiger partial charge in [-0.3, -0.25) is 9.59 Å². The lowest BCUT2D eigenvalue weighted by Crippen LogP contribution is -2.55. The van der Waals surface area contributed by atoms with Crippen LogP contribution in [0.2, 0.25) is 0 Å². The quantitative estimate of drug-likeness (QED) is 0.0265. The molecule has 0 bridgehead atoms.